The summed E-state index contributed by atoms with van der Waals surface area (Å²) in [6, 6.07) is 9.24. The zero-order valence-corrected chi connectivity index (χ0v) is 20.0. The largest absolute Gasteiger partial charge is 0.381 e. The van der Waals surface area contributed by atoms with E-state index in [0.717, 1.165) is 49.3 Å². The number of benzene rings is 2. The van der Waals surface area contributed by atoms with Crippen molar-refractivity contribution in [3.05, 3.63) is 88.3 Å². The normalized spacial score (nSPS) is 15.3. The molecule has 9 heteroatoms. The second-order valence-corrected chi connectivity index (χ2v) is 9.25. The Morgan fingerprint density at radius 3 is 2.77 bits per heavy atom. The highest BCUT2D eigenvalue weighted by molar-refractivity contribution is 6.30. The van der Waals surface area contributed by atoms with Crippen molar-refractivity contribution in [3.8, 4) is 0 Å². The summed E-state index contributed by atoms with van der Waals surface area (Å²) in [5.74, 6) is 0.423. The fourth-order valence-electron chi connectivity index (χ4n) is 4.36. The number of nitrogens with one attached hydrogen (secondary N) is 1. The van der Waals surface area contributed by atoms with Crippen LogP contribution in [0.3, 0.4) is 0 Å². The van der Waals surface area contributed by atoms with Gasteiger partial charge in [-0.15, -0.1) is 0 Å². The van der Waals surface area contributed by atoms with Crippen molar-refractivity contribution in [2.24, 2.45) is 13.0 Å². The molecule has 0 saturated carbocycles. The third-order valence-electron chi connectivity index (χ3n) is 6.32. The second kappa shape index (κ2) is 10.1. The average molecular weight is 494 g/mol. The zero-order valence-electron chi connectivity index (χ0n) is 19.2. The van der Waals surface area contributed by atoms with E-state index in [9.17, 15) is 9.18 Å². The maximum Gasteiger partial charge on any atom is 0.252 e. The molecule has 5 rings (SSSR count). The maximum absolute atomic E-state index is 14.2. The van der Waals surface area contributed by atoms with E-state index in [1.54, 1.807) is 48.5 Å². The summed E-state index contributed by atoms with van der Waals surface area (Å²) in [4.78, 5) is 22.5. The van der Waals surface area contributed by atoms with Crippen LogP contribution in [0.25, 0.3) is 10.9 Å². The molecule has 1 atom stereocenters. The van der Waals surface area contributed by atoms with Gasteiger partial charge in [0.1, 0.15) is 11.6 Å². The molecule has 1 N–H and O–H groups in total. The number of carbonyl (C=O) groups excluding carboxylic acids is 1. The van der Waals surface area contributed by atoms with Crippen LogP contribution in [0, 0.1) is 11.7 Å². The molecular weight excluding hydrogens is 469 g/mol. The van der Waals surface area contributed by atoms with Crippen LogP contribution in [0.4, 0.5) is 4.39 Å². The van der Waals surface area contributed by atoms with Crippen molar-refractivity contribution in [3.63, 3.8) is 0 Å². The Bertz CT molecular complexity index is 1370. The number of hydrogen-bond donors (Lipinski definition) is 1. The number of amides is 1. The molecule has 35 heavy (non-hydrogen) atoms. The Hall–Kier alpha value is -3.36. The number of rotatable bonds is 6. The first-order chi connectivity index (χ1) is 17.0. The van der Waals surface area contributed by atoms with Gasteiger partial charge in [-0.1, -0.05) is 23.7 Å². The maximum atomic E-state index is 14.2. The summed E-state index contributed by atoms with van der Waals surface area (Å²) < 4.78 is 21.3. The fraction of sp³-hybridized carbons (Fsp3) is 0.308. The lowest BCUT2D eigenvalue weighted by Crippen LogP contribution is -2.29. The van der Waals surface area contributed by atoms with E-state index < -0.39 is 11.9 Å². The lowest BCUT2D eigenvalue weighted by atomic mass is 9.96. The van der Waals surface area contributed by atoms with E-state index in [-0.39, 0.29) is 10.9 Å². The molecule has 0 spiro atoms. The van der Waals surface area contributed by atoms with E-state index in [1.165, 1.54) is 12.1 Å². The molecule has 0 radical (unpaired) electrons. The van der Waals surface area contributed by atoms with E-state index >= 15 is 0 Å². The van der Waals surface area contributed by atoms with Gasteiger partial charge in [-0.3, -0.25) is 9.48 Å². The predicted molar refractivity (Wildman–Crippen MR) is 131 cm³/mol. The molecule has 1 aliphatic heterocycles. The van der Waals surface area contributed by atoms with E-state index in [0.29, 0.717) is 22.6 Å². The van der Waals surface area contributed by atoms with E-state index in [1.807, 2.05) is 6.07 Å². The zero-order chi connectivity index (χ0) is 24.4. The van der Waals surface area contributed by atoms with Crippen LogP contribution in [-0.2, 0) is 18.2 Å². The summed E-state index contributed by atoms with van der Waals surface area (Å²) in [7, 11) is 1.78. The first-order valence-electron chi connectivity index (χ1n) is 11.5. The lowest BCUT2D eigenvalue weighted by Gasteiger charge is -2.21. The number of hydrogen-bond acceptors (Lipinski definition) is 5. The van der Waals surface area contributed by atoms with Gasteiger partial charge in [0.2, 0.25) is 0 Å². The first kappa shape index (κ1) is 23.4. The SMILES string of the molecule is Cn1cc([C@H](NC(=O)c2ccc3cnc(CC4CCOCC4)nc3c2)c2ccc(Cl)c(F)c2)cn1. The third kappa shape index (κ3) is 5.33. The molecule has 4 aromatic rings. The highest BCUT2D eigenvalue weighted by Gasteiger charge is 2.21. The Kier molecular flexibility index (Phi) is 6.74. The number of ether oxygens (including phenoxy) is 1. The number of fused-ring (bicyclic) bond motifs is 1. The van der Waals surface area contributed by atoms with Gasteiger partial charge >= 0.3 is 0 Å². The molecule has 0 aliphatic carbocycles. The monoisotopic (exact) mass is 493 g/mol. The Balaban J connectivity index is 1.41. The molecule has 1 fully saturated rings. The summed E-state index contributed by atoms with van der Waals surface area (Å²) in [6.45, 7) is 1.55. The quantitative estimate of drug-likeness (QED) is 0.423. The van der Waals surface area contributed by atoms with Crippen LogP contribution >= 0.6 is 11.6 Å². The van der Waals surface area contributed by atoms with Crippen LogP contribution in [0.1, 0.15) is 46.2 Å². The van der Waals surface area contributed by atoms with Crippen LogP contribution < -0.4 is 5.32 Å². The fourth-order valence-corrected chi connectivity index (χ4v) is 4.48. The molecule has 0 unspecified atom stereocenters. The number of aromatic nitrogens is 4. The molecule has 7 nitrogen and oxygen atoms in total. The first-order valence-corrected chi connectivity index (χ1v) is 11.9. The van der Waals surface area contributed by atoms with Crippen LogP contribution in [-0.4, -0.2) is 38.9 Å². The van der Waals surface area contributed by atoms with Crippen molar-refractivity contribution >= 4 is 28.4 Å². The molecule has 2 aromatic carbocycles. The van der Waals surface area contributed by atoms with Gasteiger partial charge < -0.3 is 10.1 Å². The van der Waals surface area contributed by atoms with Gasteiger partial charge in [0.05, 0.1) is 22.8 Å². The highest BCUT2D eigenvalue weighted by atomic mass is 35.5. The molecule has 180 valence electrons. The minimum Gasteiger partial charge on any atom is -0.381 e. The van der Waals surface area contributed by atoms with Crippen molar-refractivity contribution < 1.29 is 13.9 Å². The summed E-state index contributed by atoms with van der Waals surface area (Å²) in [5.41, 5.74) is 2.46. The van der Waals surface area contributed by atoms with Gasteiger partial charge in [0.15, 0.2) is 0 Å². The summed E-state index contributed by atoms with van der Waals surface area (Å²) in [5, 5.41) is 8.10. The number of aryl methyl sites for hydroxylation is 1. The van der Waals surface area contributed by atoms with Gasteiger partial charge in [-0.2, -0.15) is 5.10 Å². The van der Waals surface area contributed by atoms with Crippen LogP contribution in [0.2, 0.25) is 5.02 Å². The Morgan fingerprint density at radius 1 is 1.20 bits per heavy atom. The average Bonchev–Trinajstić information content (AvgIpc) is 3.30. The standard InChI is InChI=1S/C26H25ClFN5O2/c1-33-15-20(14-30-33)25(17-4-5-21(27)22(28)11-17)32-26(34)18-2-3-19-13-29-24(31-23(19)12-18)10-16-6-8-35-9-7-16/h2-5,11-16,25H,6-10H2,1H3,(H,32,34)/t25-/m1/s1. The number of nitrogens with zero attached hydrogens (tertiary/aromatic N) is 4. The Labute approximate surface area is 207 Å². The van der Waals surface area contributed by atoms with E-state index in [4.69, 9.17) is 21.3 Å². The van der Waals surface area contributed by atoms with Crippen molar-refractivity contribution in [1.29, 1.82) is 0 Å². The Morgan fingerprint density at radius 2 is 2.03 bits per heavy atom. The van der Waals surface area contributed by atoms with Crippen molar-refractivity contribution in [2.45, 2.75) is 25.3 Å². The highest BCUT2D eigenvalue weighted by Crippen LogP contribution is 2.26. The third-order valence-corrected chi connectivity index (χ3v) is 6.62. The number of carbonyl (C=O) groups is 1. The smallest absolute Gasteiger partial charge is 0.252 e. The molecule has 2 aromatic heterocycles. The van der Waals surface area contributed by atoms with Crippen molar-refractivity contribution in [1.82, 2.24) is 25.1 Å². The molecule has 1 saturated heterocycles. The second-order valence-electron chi connectivity index (χ2n) is 8.85. The predicted octanol–water partition coefficient (Wildman–Crippen LogP) is 4.64. The van der Waals surface area contributed by atoms with Crippen molar-refractivity contribution in [2.75, 3.05) is 13.2 Å². The minimum absolute atomic E-state index is 0.0239. The van der Waals surface area contributed by atoms with Crippen LogP contribution in [0.5, 0.6) is 0 Å². The lowest BCUT2D eigenvalue weighted by molar-refractivity contribution is 0.0660. The summed E-state index contributed by atoms with van der Waals surface area (Å²) in [6.07, 6.45) is 8.03. The summed E-state index contributed by atoms with van der Waals surface area (Å²) >= 11 is 5.87. The van der Waals surface area contributed by atoms with Gasteiger partial charge in [-0.25, -0.2) is 14.4 Å². The van der Waals surface area contributed by atoms with Crippen LogP contribution in [0.15, 0.2) is 55.0 Å². The topological polar surface area (TPSA) is 81.9 Å². The number of halogens is 2. The van der Waals surface area contributed by atoms with E-state index in [2.05, 4.69) is 15.4 Å². The molecular formula is C26H25ClFN5O2. The molecule has 1 amide bonds. The molecule has 1 aliphatic rings. The minimum atomic E-state index is -0.604. The molecule has 3 heterocycles. The van der Waals surface area contributed by atoms with Gasteiger partial charge in [-0.05, 0) is 48.6 Å². The molecule has 0 bridgehead atoms. The van der Waals surface area contributed by atoms with Gasteiger partial charge in [0, 0.05) is 55.6 Å². The van der Waals surface area contributed by atoms with Gasteiger partial charge in [0.25, 0.3) is 5.91 Å².